The van der Waals surface area contributed by atoms with E-state index in [1.54, 1.807) is 19.3 Å². The highest BCUT2D eigenvalue weighted by Crippen LogP contribution is 2.02. The topological polar surface area (TPSA) is 34.9 Å². The molecule has 0 N–H and O–H groups in total. The fraction of sp³-hybridized carbons (Fsp3) is 0.429. The van der Waals surface area contributed by atoms with Gasteiger partial charge in [0.2, 0.25) is 5.78 Å². The SMILES string of the molecule is Cn1ccc(CC(=O)C(F)F)n1. The zero-order valence-corrected chi connectivity index (χ0v) is 6.50. The first-order valence-electron chi connectivity index (χ1n) is 3.39. The number of alkyl halides is 2. The van der Waals surface area contributed by atoms with Crippen molar-refractivity contribution < 1.29 is 13.6 Å². The normalized spacial score (nSPS) is 10.7. The van der Waals surface area contributed by atoms with Gasteiger partial charge in [-0.15, -0.1) is 0 Å². The van der Waals surface area contributed by atoms with Crippen molar-refractivity contribution in [2.75, 3.05) is 0 Å². The molecule has 1 heterocycles. The van der Waals surface area contributed by atoms with Crippen LogP contribution in [0.4, 0.5) is 8.78 Å². The second kappa shape index (κ2) is 3.42. The Balaban J connectivity index is 2.58. The van der Waals surface area contributed by atoms with Crippen molar-refractivity contribution >= 4 is 5.78 Å². The Morgan fingerprint density at radius 3 is 2.83 bits per heavy atom. The lowest BCUT2D eigenvalue weighted by Crippen LogP contribution is -2.13. The lowest BCUT2D eigenvalue weighted by atomic mass is 10.2. The van der Waals surface area contributed by atoms with Crippen LogP contribution in [0, 0.1) is 0 Å². The summed E-state index contributed by atoms with van der Waals surface area (Å²) in [7, 11) is 1.66. The number of halogens is 2. The molecule has 1 rings (SSSR count). The molecule has 0 bridgehead atoms. The summed E-state index contributed by atoms with van der Waals surface area (Å²) in [6.07, 6.45) is -1.58. The van der Waals surface area contributed by atoms with Crippen molar-refractivity contribution in [2.24, 2.45) is 7.05 Å². The highest BCUT2D eigenvalue weighted by Gasteiger charge is 2.16. The van der Waals surface area contributed by atoms with E-state index in [-0.39, 0.29) is 6.42 Å². The molecule has 12 heavy (non-hydrogen) atoms. The lowest BCUT2D eigenvalue weighted by molar-refractivity contribution is -0.128. The van der Waals surface area contributed by atoms with E-state index in [9.17, 15) is 13.6 Å². The molecule has 0 aliphatic carbocycles. The van der Waals surface area contributed by atoms with Gasteiger partial charge in [-0.25, -0.2) is 8.78 Å². The van der Waals surface area contributed by atoms with Crippen LogP contribution in [0.15, 0.2) is 12.3 Å². The van der Waals surface area contributed by atoms with Gasteiger partial charge in [0.05, 0.1) is 12.1 Å². The minimum Gasteiger partial charge on any atom is -0.293 e. The quantitative estimate of drug-likeness (QED) is 0.679. The molecule has 3 nitrogen and oxygen atoms in total. The van der Waals surface area contributed by atoms with Crippen LogP contribution in [0.25, 0.3) is 0 Å². The minimum atomic E-state index is -2.90. The number of Topliss-reactive ketones (excluding diaryl/α,β-unsaturated/α-hetero) is 1. The molecule has 0 amide bonds. The first-order valence-corrected chi connectivity index (χ1v) is 3.39. The van der Waals surface area contributed by atoms with Gasteiger partial charge >= 0.3 is 0 Å². The van der Waals surface area contributed by atoms with Gasteiger partial charge in [0, 0.05) is 13.2 Å². The Bertz CT molecular complexity index is 283. The Hall–Kier alpha value is -1.26. The first kappa shape index (κ1) is 8.83. The Morgan fingerprint density at radius 2 is 2.42 bits per heavy atom. The Morgan fingerprint density at radius 1 is 1.75 bits per heavy atom. The Kier molecular flexibility index (Phi) is 2.52. The molecule has 0 saturated carbocycles. The predicted molar refractivity (Wildman–Crippen MR) is 37.9 cm³/mol. The molecule has 0 unspecified atom stereocenters. The molecule has 66 valence electrons. The molecule has 0 aliphatic rings. The largest absolute Gasteiger partial charge is 0.296 e. The van der Waals surface area contributed by atoms with E-state index >= 15 is 0 Å². The third kappa shape index (κ3) is 2.11. The zero-order chi connectivity index (χ0) is 9.14. The number of aryl methyl sites for hydroxylation is 1. The van der Waals surface area contributed by atoms with Crippen LogP contribution < -0.4 is 0 Å². The first-order chi connectivity index (χ1) is 5.59. The number of hydrogen-bond donors (Lipinski definition) is 0. The second-order valence-electron chi connectivity index (χ2n) is 2.42. The van der Waals surface area contributed by atoms with Crippen molar-refractivity contribution in [3.63, 3.8) is 0 Å². The van der Waals surface area contributed by atoms with Crippen LogP contribution in [-0.4, -0.2) is 22.0 Å². The van der Waals surface area contributed by atoms with Gasteiger partial charge in [-0.3, -0.25) is 9.48 Å². The molecule has 0 aromatic carbocycles. The van der Waals surface area contributed by atoms with Crippen LogP contribution in [0.1, 0.15) is 5.69 Å². The maximum absolute atomic E-state index is 11.7. The molecular weight excluding hydrogens is 166 g/mol. The van der Waals surface area contributed by atoms with Crippen molar-refractivity contribution in [3.8, 4) is 0 Å². The standard InChI is InChI=1S/C7H8F2N2O/c1-11-3-2-5(10-11)4-6(12)7(8)9/h2-3,7H,4H2,1H3. The predicted octanol–water partition coefficient (Wildman–Crippen LogP) is 0.797. The molecule has 0 radical (unpaired) electrons. The third-order valence-electron chi connectivity index (χ3n) is 1.37. The van der Waals surface area contributed by atoms with Crippen molar-refractivity contribution in [3.05, 3.63) is 18.0 Å². The molecule has 0 fully saturated rings. The number of nitrogens with zero attached hydrogens (tertiary/aromatic N) is 2. The highest BCUT2D eigenvalue weighted by molar-refractivity contribution is 5.83. The molecular formula is C7H8F2N2O. The molecule has 0 atom stereocenters. The van der Waals surface area contributed by atoms with Crippen molar-refractivity contribution in [1.82, 2.24) is 9.78 Å². The summed E-state index contributed by atoms with van der Waals surface area (Å²) in [5.41, 5.74) is 0.378. The fourth-order valence-corrected chi connectivity index (χ4v) is 0.813. The van der Waals surface area contributed by atoms with Crippen molar-refractivity contribution in [1.29, 1.82) is 0 Å². The Labute approximate surface area is 68.0 Å². The smallest absolute Gasteiger partial charge is 0.293 e. The minimum absolute atomic E-state index is 0.293. The van der Waals surface area contributed by atoms with Crippen LogP contribution in [0.5, 0.6) is 0 Å². The summed E-state index contributed by atoms with van der Waals surface area (Å²) in [4.78, 5) is 10.5. The van der Waals surface area contributed by atoms with Gasteiger partial charge in [-0.05, 0) is 6.07 Å². The number of hydrogen-bond acceptors (Lipinski definition) is 2. The van der Waals surface area contributed by atoms with Gasteiger partial charge < -0.3 is 0 Å². The summed E-state index contributed by atoms with van der Waals surface area (Å²) in [5.74, 6) is -1.09. The van der Waals surface area contributed by atoms with E-state index in [1.807, 2.05) is 0 Å². The van der Waals surface area contributed by atoms with Gasteiger partial charge in [0.15, 0.2) is 0 Å². The second-order valence-corrected chi connectivity index (χ2v) is 2.42. The van der Waals surface area contributed by atoms with E-state index in [2.05, 4.69) is 5.10 Å². The maximum atomic E-state index is 11.7. The van der Waals surface area contributed by atoms with Gasteiger partial charge in [-0.2, -0.15) is 5.10 Å². The number of ketones is 1. The van der Waals surface area contributed by atoms with E-state index in [1.165, 1.54) is 4.68 Å². The molecule has 0 saturated heterocycles. The summed E-state index contributed by atoms with van der Waals surface area (Å²) in [6, 6.07) is 1.54. The summed E-state index contributed by atoms with van der Waals surface area (Å²) >= 11 is 0. The molecule has 0 aliphatic heterocycles. The van der Waals surface area contributed by atoms with Gasteiger partial charge in [0.25, 0.3) is 6.43 Å². The zero-order valence-electron chi connectivity index (χ0n) is 6.50. The number of carbonyl (C=O) groups excluding carboxylic acids is 1. The lowest BCUT2D eigenvalue weighted by Gasteiger charge is -1.94. The average molecular weight is 174 g/mol. The van der Waals surface area contributed by atoms with E-state index in [0.29, 0.717) is 5.69 Å². The maximum Gasteiger partial charge on any atom is 0.296 e. The number of rotatable bonds is 3. The summed E-state index contributed by atoms with van der Waals surface area (Å²) in [5, 5.41) is 3.80. The number of aromatic nitrogens is 2. The monoisotopic (exact) mass is 174 g/mol. The van der Waals surface area contributed by atoms with E-state index in [0.717, 1.165) is 0 Å². The number of carbonyl (C=O) groups is 1. The van der Waals surface area contributed by atoms with Crippen LogP contribution in [-0.2, 0) is 18.3 Å². The van der Waals surface area contributed by atoms with Crippen LogP contribution in [0.2, 0.25) is 0 Å². The molecule has 1 aromatic heterocycles. The highest BCUT2D eigenvalue weighted by atomic mass is 19.3. The van der Waals surface area contributed by atoms with Crippen LogP contribution in [0.3, 0.4) is 0 Å². The molecule has 5 heteroatoms. The average Bonchev–Trinajstić information content (AvgIpc) is 2.35. The van der Waals surface area contributed by atoms with Gasteiger partial charge in [-0.1, -0.05) is 0 Å². The molecule has 1 aromatic rings. The van der Waals surface area contributed by atoms with E-state index < -0.39 is 12.2 Å². The fourth-order valence-electron chi connectivity index (χ4n) is 0.813. The van der Waals surface area contributed by atoms with E-state index in [4.69, 9.17) is 0 Å². The third-order valence-corrected chi connectivity index (χ3v) is 1.37. The molecule has 0 spiro atoms. The van der Waals surface area contributed by atoms with Crippen LogP contribution >= 0.6 is 0 Å². The van der Waals surface area contributed by atoms with Crippen molar-refractivity contribution in [2.45, 2.75) is 12.8 Å². The summed E-state index contributed by atoms with van der Waals surface area (Å²) in [6.45, 7) is 0. The van der Waals surface area contributed by atoms with Gasteiger partial charge in [0.1, 0.15) is 0 Å². The summed E-state index contributed by atoms with van der Waals surface area (Å²) < 4.78 is 24.9.